The SMILES string of the molecule is COc1cccc(N2CCN(C(=O)[C@@H]3CC(=O)N(c4n[nH]c5cccc(F)c45)C3)CC2)c1. The molecule has 5 rings (SSSR count). The lowest BCUT2D eigenvalue weighted by molar-refractivity contribution is -0.136. The Morgan fingerprint density at radius 2 is 1.94 bits per heavy atom. The van der Waals surface area contributed by atoms with Crippen molar-refractivity contribution in [1.29, 1.82) is 0 Å². The molecule has 0 saturated carbocycles. The number of fused-ring (bicyclic) bond motifs is 1. The monoisotopic (exact) mass is 437 g/mol. The molecule has 2 aliphatic rings. The molecule has 0 aliphatic carbocycles. The first-order chi connectivity index (χ1) is 15.5. The number of halogens is 1. The number of piperazine rings is 1. The Kier molecular flexibility index (Phi) is 5.16. The van der Waals surface area contributed by atoms with Gasteiger partial charge in [0.1, 0.15) is 11.6 Å². The number of amides is 2. The van der Waals surface area contributed by atoms with Gasteiger partial charge >= 0.3 is 0 Å². The van der Waals surface area contributed by atoms with Crippen LogP contribution in [0.2, 0.25) is 0 Å². The summed E-state index contributed by atoms with van der Waals surface area (Å²) < 4.78 is 19.6. The van der Waals surface area contributed by atoms with Crippen LogP contribution in [0.5, 0.6) is 5.75 Å². The number of rotatable bonds is 4. The highest BCUT2D eigenvalue weighted by atomic mass is 19.1. The Balaban J connectivity index is 1.25. The van der Waals surface area contributed by atoms with Gasteiger partial charge in [-0.1, -0.05) is 12.1 Å². The summed E-state index contributed by atoms with van der Waals surface area (Å²) in [5.41, 5.74) is 1.59. The van der Waals surface area contributed by atoms with E-state index < -0.39 is 11.7 Å². The average molecular weight is 437 g/mol. The van der Waals surface area contributed by atoms with Gasteiger partial charge in [-0.25, -0.2) is 4.39 Å². The highest BCUT2D eigenvalue weighted by Crippen LogP contribution is 2.32. The summed E-state index contributed by atoms with van der Waals surface area (Å²) >= 11 is 0. The molecule has 9 heteroatoms. The van der Waals surface area contributed by atoms with Crippen molar-refractivity contribution in [2.24, 2.45) is 5.92 Å². The number of aromatic amines is 1. The summed E-state index contributed by atoms with van der Waals surface area (Å²) in [6.45, 7) is 2.79. The van der Waals surface area contributed by atoms with Gasteiger partial charge in [-0.05, 0) is 24.3 Å². The molecule has 0 unspecified atom stereocenters. The van der Waals surface area contributed by atoms with Gasteiger partial charge < -0.3 is 14.5 Å². The number of benzene rings is 2. The third kappa shape index (κ3) is 3.53. The highest BCUT2D eigenvalue weighted by Gasteiger charge is 2.39. The average Bonchev–Trinajstić information content (AvgIpc) is 3.43. The van der Waals surface area contributed by atoms with E-state index in [1.54, 1.807) is 19.2 Å². The Morgan fingerprint density at radius 3 is 2.72 bits per heavy atom. The topological polar surface area (TPSA) is 81.8 Å². The lowest BCUT2D eigenvalue weighted by Gasteiger charge is -2.37. The van der Waals surface area contributed by atoms with Crippen molar-refractivity contribution in [2.75, 3.05) is 49.6 Å². The van der Waals surface area contributed by atoms with Crippen LogP contribution >= 0.6 is 0 Å². The lowest BCUT2D eigenvalue weighted by Crippen LogP contribution is -2.50. The maximum atomic E-state index is 14.3. The summed E-state index contributed by atoms with van der Waals surface area (Å²) in [4.78, 5) is 31.3. The Hall–Kier alpha value is -3.62. The van der Waals surface area contributed by atoms with Crippen molar-refractivity contribution in [3.8, 4) is 5.75 Å². The van der Waals surface area contributed by atoms with Crippen LogP contribution in [-0.4, -0.2) is 66.7 Å². The van der Waals surface area contributed by atoms with E-state index in [1.807, 2.05) is 29.2 Å². The predicted molar refractivity (Wildman–Crippen MR) is 118 cm³/mol. The van der Waals surface area contributed by atoms with E-state index >= 15 is 0 Å². The number of nitrogens with zero attached hydrogens (tertiary/aromatic N) is 4. The van der Waals surface area contributed by atoms with E-state index in [0.29, 0.717) is 31.7 Å². The molecule has 0 radical (unpaired) electrons. The lowest BCUT2D eigenvalue weighted by atomic mass is 10.1. The standard InChI is InChI=1S/C23H24FN5O3/c1-32-17-5-2-4-16(13-17)27-8-10-28(11-9-27)23(31)15-12-20(30)29(14-15)22-21-18(24)6-3-7-19(21)25-26-22/h2-7,13,15H,8-12,14H2,1H3,(H,25,26)/t15-/m1/s1. The van der Waals surface area contributed by atoms with E-state index in [1.165, 1.54) is 11.0 Å². The highest BCUT2D eigenvalue weighted by molar-refractivity contribution is 6.05. The maximum absolute atomic E-state index is 14.3. The molecule has 2 saturated heterocycles. The maximum Gasteiger partial charge on any atom is 0.229 e. The second-order valence-corrected chi connectivity index (χ2v) is 8.13. The molecule has 2 aliphatic heterocycles. The smallest absolute Gasteiger partial charge is 0.229 e. The minimum Gasteiger partial charge on any atom is -0.497 e. The van der Waals surface area contributed by atoms with Gasteiger partial charge in [0, 0.05) is 50.9 Å². The number of methoxy groups -OCH3 is 1. The quantitative estimate of drug-likeness (QED) is 0.678. The summed E-state index contributed by atoms with van der Waals surface area (Å²) in [5, 5.41) is 7.20. The summed E-state index contributed by atoms with van der Waals surface area (Å²) in [6, 6.07) is 12.5. The zero-order chi connectivity index (χ0) is 22.2. The zero-order valence-corrected chi connectivity index (χ0v) is 17.8. The number of nitrogens with one attached hydrogen (secondary N) is 1. The van der Waals surface area contributed by atoms with Gasteiger partial charge in [0.25, 0.3) is 0 Å². The van der Waals surface area contributed by atoms with Crippen molar-refractivity contribution < 1.29 is 18.7 Å². The number of hydrogen-bond acceptors (Lipinski definition) is 5. The number of anilines is 2. The second-order valence-electron chi connectivity index (χ2n) is 8.13. The van der Waals surface area contributed by atoms with Gasteiger partial charge in [0.2, 0.25) is 11.8 Å². The summed E-state index contributed by atoms with van der Waals surface area (Å²) in [5.74, 6) is -0.0949. The molecule has 1 N–H and O–H groups in total. The number of ether oxygens (including phenoxy) is 1. The van der Waals surface area contributed by atoms with E-state index in [-0.39, 0.29) is 36.0 Å². The molecule has 2 amide bonds. The van der Waals surface area contributed by atoms with Crippen molar-refractivity contribution in [3.05, 3.63) is 48.3 Å². The Labute approximate surface area is 184 Å². The first-order valence-corrected chi connectivity index (χ1v) is 10.7. The normalized spacial score (nSPS) is 19.1. The zero-order valence-electron chi connectivity index (χ0n) is 17.8. The molecule has 0 spiro atoms. The van der Waals surface area contributed by atoms with Crippen molar-refractivity contribution in [3.63, 3.8) is 0 Å². The molecular formula is C23H24FN5O3. The predicted octanol–water partition coefficient (Wildman–Crippen LogP) is 2.41. The second kappa shape index (κ2) is 8.14. The Morgan fingerprint density at radius 1 is 1.16 bits per heavy atom. The van der Waals surface area contributed by atoms with Gasteiger partial charge in [-0.2, -0.15) is 5.10 Å². The first kappa shape index (κ1) is 20.3. The van der Waals surface area contributed by atoms with E-state index in [4.69, 9.17) is 4.74 Å². The molecular weight excluding hydrogens is 413 g/mol. The molecule has 32 heavy (non-hydrogen) atoms. The minimum absolute atomic E-state index is 0.0357. The Bertz CT molecular complexity index is 1170. The van der Waals surface area contributed by atoms with Crippen LogP contribution in [0.1, 0.15) is 6.42 Å². The molecule has 3 aromatic rings. The molecule has 2 aromatic carbocycles. The van der Waals surface area contributed by atoms with E-state index in [2.05, 4.69) is 15.1 Å². The number of carbonyl (C=O) groups is 2. The minimum atomic E-state index is -0.454. The van der Waals surface area contributed by atoms with Gasteiger partial charge in [-0.15, -0.1) is 0 Å². The van der Waals surface area contributed by atoms with Crippen LogP contribution in [0.25, 0.3) is 10.9 Å². The van der Waals surface area contributed by atoms with Gasteiger partial charge in [0.05, 0.1) is 23.9 Å². The van der Waals surface area contributed by atoms with Crippen LogP contribution in [0.4, 0.5) is 15.9 Å². The fourth-order valence-corrected chi connectivity index (χ4v) is 4.54. The number of aromatic nitrogens is 2. The number of carbonyl (C=O) groups excluding carboxylic acids is 2. The summed E-state index contributed by atoms with van der Waals surface area (Å²) in [7, 11) is 1.64. The number of hydrogen-bond donors (Lipinski definition) is 1. The van der Waals surface area contributed by atoms with Gasteiger partial charge in [0.15, 0.2) is 5.82 Å². The molecule has 8 nitrogen and oxygen atoms in total. The fourth-order valence-electron chi connectivity index (χ4n) is 4.54. The van der Waals surface area contributed by atoms with Crippen LogP contribution in [-0.2, 0) is 9.59 Å². The molecule has 3 heterocycles. The fraction of sp³-hybridized carbons (Fsp3) is 0.348. The van der Waals surface area contributed by atoms with E-state index in [0.717, 1.165) is 11.4 Å². The van der Waals surface area contributed by atoms with Crippen LogP contribution < -0.4 is 14.5 Å². The van der Waals surface area contributed by atoms with Crippen molar-refractivity contribution in [1.82, 2.24) is 15.1 Å². The molecule has 1 aromatic heterocycles. The van der Waals surface area contributed by atoms with E-state index in [9.17, 15) is 14.0 Å². The van der Waals surface area contributed by atoms with Crippen molar-refractivity contribution >= 4 is 34.2 Å². The van der Waals surface area contributed by atoms with Crippen LogP contribution in [0.15, 0.2) is 42.5 Å². The molecule has 2 fully saturated rings. The van der Waals surface area contributed by atoms with Crippen LogP contribution in [0, 0.1) is 11.7 Å². The largest absolute Gasteiger partial charge is 0.497 e. The molecule has 1 atom stereocenters. The van der Waals surface area contributed by atoms with Crippen LogP contribution in [0.3, 0.4) is 0 Å². The summed E-state index contributed by atoms with van der Waals surface area (Å²) in [6.07, 6.45) is 0.109. The first-order valence-electron chi connectivity index (χ1n) is 10.7. The number of H-pyrrole nitrogens is 1. The van der Waals surface area contributed by atoms with Gasteiger partial charge in [-0.3, -0.25) is 19.6 Å². The third-order valence-electron chi connectivity index (χ3n) is 6.26. The molecule has 0 bridgehead atoms. The third-order valence-corrected chi connectivity index (χ3v) is 6.26. The molecule has 166 valence electrons. The van der Waals surface area contributed by atoms with Crippen molar-refractivity contribution in [2.45, 2.75) is 6.42 Å².